The number of phenolic OH excluding ortho intramolecular Hbond substituents is 1. The average molecular weight is 417 g/mol. The van der Waals surface area contributed by atoms with Crippen LogP contribution in [0.2, 0.25) is 0 Å². The van der Waals surface area contributed by atoms with E-state index in [0.717, 1.165) is 18.4 Å². The molecule has 2 rings (SSSR count). The number of nitrogens with one attached hydrogen (secondary N) is 2. The van der Waals surface area contributed by atoms with Gasteiger partial charge in [-0.1, -0.05) is 42.0 Å². The SMILES string of the molecule is CCNC(=O)[C@H](CC(=O)O)NCCCc1ccc(O)c(OC)c1.Cc1ccccc1. The highest BCUT2D eigenvalue weighted by molar-refractivity contribution is 5.86. The first-order chi connectivity index (χ1) is 14.4. The second-order valence-electron chi connectivity index (χ2n) is 6.76. The molecule has 1 atom stereocenters. The highest BCUT2D eigenvalue weighted by Gasteiger charge is 2.20. The van der Waals surface area contributed by atoms with Crippen LogP contribution in [-0.4, -0.2) is 48.3 Å². The molecule has 164 valence electrons. The zero-order valence-corrected chi connectivity index (χ0v) is 17.9. The molecular weight excluding hydrogens is 384 g/mol. The van der Waals surface area contributed by atoms with Crippen LogP contribution < -0.4 is 15.4 Å². The van der Waals surface area contributed by atoms with Gasteiger partial charge in [0, 0.05) is 6.54 Å². The van der Waals surface area contributed by atoms with Crippen LogP contribution in [-0.2, 0) is 16.0 Å². The van der Waals surface area contributed by atoms with Gasteiger partial charge < -0.3 is 25.6 Å². The number of aryl methyl sites for hydroxylation is 2. The lowest BCUT2D eigenvalue weighted by molar-refractivity contribution is -0.139. The van der Waals surface area contributed by atoms with E-state index in [1.807, 2.05) is 18.2 Å². The van der Waals surface area contributed by atoms with Crippen LogP contribution in [0.5, 0.6) is 11.5 Å². The molecule has 1 amide bonds. The monoisotopic (exact) mass is 416 g/mol. The Kier molecular flexibility index (Phi) is 11.7. The first-order valence-corrected chi connectivity index (χ1v) is 9.97. The third-order valence-corrected chi connectivity index (χ3v) is 4.26. The summed E-state index contributed by atoms with van der Waals surface area (Å²) in [7, 11) is 1.49. The van der Waals surface area contributed by atoms with E-state index in [-0.39, 0.29) is 18.1 Å². The summed E-state index contributed by atoms with van der Waals surface area (Å²) < 4.78 is 5.05. The second kappa shape index (κ2) is 14.0. The molecule has 0 aliphatic heterocycles. The summed E-state index contributed by atoms with van der Waals surface area (Å²) in [5.41, 5.74) is 2.32. The van der Waals surface area contributed by atoms with Crippen LogP contribution in [0.3, 0.4) is 0 Å². The van der Waals surface area contributed by atoms with Crippen LogP contribution in [0, 0.1) is 6.92 Å². The smallest absolute Gasteiger partial charge is 0.305 e. The number of phenols is 1. The van der Waals surface area contributed by atoms with E-state index in [2.05, 4.69) is 29.7 Å². The Labute approximate surface area is 178 Å². The van der Waals surface area contributed by atoms with E-state index in [4.69, 9.17) is 9.84 Å². The molecule has 0 radical (unpaired) electrons. The van der Waals surface area contributed by atoms with Gasteiger partial charge >= 0.3 is 5.97 Å². The van der Waals surface area contributed by atoms with Crippen LogP contribution in [0.25, 0.3) is 0 Å². The van der Waals surface area contributed by atoms with Crippen molar-refractivity contribution in [1.82, 2.24) is 10.6 Å². The summed E-state index contributed by atoms with van der Waals surface area (Å²) in [5, 5.41) is 24.0. The number of benzene rings is 2. The van der Waals surface area contributed by atoms with E-state index >= 15 is 0 Å². The van der Waals surface area contributed by atoms with Crippen molar-refractivity contribution in [3.63, 3.8) is 0 Å². The molecule has 7 heteroatoms. The van der Waals surface area contributed by atoms with E-state index in [1.165, 1.54) is 12.7 Å². The quantitative estimate of drug-likeness (QED) is 0.444. The number of hydrogen-bond acceptors (Lipinski definition) is 5. The number of carboxylic acids is 1. The van der Waals surface area contributed by atoms with Gasteiger partial charge in [-0.2, -0.15) is 0 Å². The molecule has 2 aromatic carbocycles. The van der Waals surface area contributed by atoms with Crippen molar-refractivity contribution in [2.24, 2.45) is 0 Å². The molecular formula is C23H32N2O5. The zero-order valence-electron chi connectivity index (χ0n) is 17.9. The molecule has 0 bridgehead atoms. The van der Waals surface area contributed by atoms with E-state index in [0.29, 0.717) is 18.8 Å². The maximum atomic E-state index is 11.8. The first-order valence-electron chi connectivity index (χ1n) is 9.97. The number of aliphatic carboxylic acids is 1. The lowest BCUT2D eigenvalue weighted by Crippen LogP contribution is -2.45. The van der Waals surface area contributed by atoms with Crippen LogP contribution in [0.15, 0.2) is 48.5 Å². The number of ether oxygens (including phenoxy) is 1. The number of likely N-dealkylation sites (N-methyl/N-ethyl adjacent to an activating group) is 1. The Bertz CT molecular complexity index is 780. The van der Waals surface area contributed by atoms with Crippen molar-refractivity contribution in [2.45, 2.75) is 39.2 Å². The predicted octanol–water partition coefficient (Wildman–Crippen LogP) is 2.90. The zero-order chi connectivity index (χ0) is 22.4. The van der Waals surface area contributed by atoms with Gasteiger partial charge in [0.1, 0.15) is 0 Å². The molecule has 2 aromatic rings. The number of rotatable bonds is 10. The maximum Gasteiger partial charge on any atom is 0.305 e. The standard InChI is InChI=1S/C16H24N2O5.C7H8/c1-3-17-16(22)12(10-15(20)21)18-8-4-5-11-6-7-13(19)14(9-11)23-2;1-7-5-3-2-4-6-7/h6-7,9,12,18-19H,3-5,8,10H2,1-2H3,(H,17,22)(H,20,21);2-6H,1H3/t12-;/m0./s1. The van der Waals surface area contributed by atoms with Crippen LogP contribution in [0.1, 0.15) is 30.9 Å². The average Bonchev–Trinajstić information content (AvgIpc) is 2.72. The van der Waals surface area contributed by atoms with E-state index < -0.39 is 12.0 Å². The van der Waals surface area contributed by atoms with Crippen LogP contribution >= 0.6 is 0 Å². The number of carboxylic acid groups (broad SMARTS) is 1. The molecule has 0 aromatic heterocycles. The highest BCUT2D eigenvalue weighted by Crippen LogP contribution is 2.26. The van der Waals surface area contributed by atoms with Gasteiger partial charge in [0.15, 0.2) is 11.5 Å². The Hall–Kier alpha value is -3.06. The maximum absolute atomic E-state index is 11.8. The van der Waals surface area contributed by atoms with Gasteiger partial charge in [0.05, 0.1) is 19.6 Å². The normalized spacial score (nSPS) is 11.0. The minimum absolute atomic E-state index is 0.0899. The molecule has 0 aliphatic rings. The number of methoxy groups -OCH3 is 1. The molecule has 0 saturated carbocycles. The second-order valence-corrected chi connectivity index (χ2v) is 6.76. The number of amides is 1. The summed E-state index contributed by atoms with van der Waals surface area (Å²) in [6, 6.07) is 14.7. The van der Waals surface area contributed by atoms with Gasteiger partial charge in [0.2, 0.25) is 5.91 Å². The lowest BCUT2D eigenvalue weighted by Gasteiger charge is -2.16. The molecule has 0 saturated heterocycles. The number of carbonyl (C=O) groups is 2. The van der Waals surface area contributed by atoms with Gasteiger partial charge in [-0.05, 0) is 50.9 Å². The van der Waals surface area contributed by atoms with Crippen LogP contribution in [0.4, 0.5) is 0 Å². The number of hydrogen-bond donors (Lipinski definition) is 4. The summed E-state index contributed by atoms with van der Waals surface area (Å²) in [6.45, 7) is 4.84. The largest absolute Gasteiger partial charge is 0.504 e. The van der Waals surface area contributed by atoms with Crippen molar-refractivity contribution in [2.75, 3.05) is 20.2 Å². The third-order valence-electron chi connectivity index (χ3n) is 4.26. The summed E-state index contributed by atoms with van der Waals surface area (Å²) in [4.78, 5) is 22.6. The molecule has 0 heterocycles. The van der Waals surface area contributed by atoms with E-state index in [1.54, 1.807) is 25.1 Å². The van der Waals surface area contributed by atoms with Crippen molar-refractivity contribution < 1.29 is 24.5 Å². The number of carbonyl (C=O) groups excluding carboxylic acids is 1. The minimum Gasteiger partial charge on any atom is -0.504 e. The summed E-state index contributed by atoms with van der Waals surface area (Å²) in [6.07, 6.45) is 1.20. The Balaban J connectivity index is 0.000000539. The van der Waals surface area contributed by atoms with Crippen molar-refractivity contribution >= 4 is 11.9 Å². The molecule has 0 aliphatic carbocycles. The van der Waals surface area contributed by atoms with Gasteiger partial charge in [-0.3, -0.25) is 9.59 Å². The first kappa shape index (κ1) is 25.0. The molecule has 7 nitrogen and oxygen atoms in total. The lowest BCUT2D eigenvalue weighted by atomic mass is 10.1. The highest BCUT2D eigenvalue weighted by atomic mass is 16.5. The Morgan fingerprint density at radius 3 is 2.37 bits per heavy atom. The molecule has 0 spiro atoms. The molecule has 30 heavy (non-hydrogen) atoms. The predicted molar refractivity (Wildman–Crippen MR) is 117 cm³/mol. The van der Waals surface area contributed by atoms with Gasteiger partial charge in [0.25, 0.3) is 0 Å². The van der Waals surface area contributed by atoms with E-state index in [9.17, 15) is 14.7 Å². The summed E-state index contributed by atoms with van der Waals surface area (Å²) in [5.74, 6) is -0.813. The fourth-order valence-corrected chi connectivity index (χ4v) is 2.71. The fourth-order valence-electron chi connectivity index (χ4n) is 2.71. The third kappa shape index (κ3) is 9.93. The molecule has 0 unspecified atom stereocenters. The topological polar surface area (TPSA) is 108 Å². The Morgan fingerprint density at radius 2 is 1.83 bits per heavy atom. The Morgan fingerprint density at radius 1 is 1.13 bits per heavy atom. The van der Waals surface area contributed by atoms with Gasteiger partial charge in [-0.25, -0.2) is 0 Å². The minimum atomic E-state index is -1.02. The molecule has 4 N–H and O–H groups in total. The van der Waals surface area contributed by atoms with Crippen molar-refractivity contribution in [1.29, 1.82) is 0 Å². The van der Waals surface area contributed by atoms with Crippen molar-refractivity contribution in [3.05, 3.63) is 59.7 Å². The fraction of sp³-hybridized carbons (Fsp3) is 0.391. The van der Waals surface area contributed by atoms with Gasteiger partial charge in [-0.15, -0.1) is 0 Å². The number of aromatic hydroxyl groups is 1. The molecule has 0 fully saturated rings. The van der Waals surface area contributed by atoms with Crippen molar-refractivity contribution in [3.8, 4) is 11.5 Å². The summed E-state index contributed by atoms with van der Waals surface area (Å²) >= 11 is 0.